The number of halogens is 1. The van der Waals surface area contributed by atoms with Gasteiger partial charge in [0.25, 0.3) is 5.69 Å². The lowest BCUT2D eigenvalue weighted by atomic mass is 10.2. The van der Waals surface area contributed by atoms with Gasteiger partial charge in [-0.15, -0.1) is 0 Å². The summed E-state index contributed by atoms with van der Waals surface area (Å²) in [4.78, 5) is 11.7. The number of nitro benzene ring substituents is 1. The third-order valence-electron chi connectivity index (χ3n) is 2.74. The van der Waals surface area contributed by atoms with E-state index in [1.807, 2.05) is 0 Å². The molecule has 0 spiro atoms. The maximum Gasteiger partial charge on any atom is 0.271 e. The predicted molar refractivity (Wildman–Crippen MR) is 62.3 cm³/mol. The van der Waals surface area contributed by atoms with Crippen LogP contribution in [-0.2, 0) is 0 Å². The highest BCUT2D eigenvalue weighted by atomic mass is 35.5. The molecule has 1 saturated heterocycles. The summed E-state index contributed by atoms with van der Waals surface area (Å²) in [6.45, 7) is 0.525. The molecule has 0 amide bonds. The molecule has 1 aromatic rings. The quantitative estimate of drug-likeness (QED) is 0.605. The van der Waals surface area contributed by atoms with Crippen LogP contribution in [0.5, 0.6) is 0 Å². The Kier molecular flexibility index (Phi) is 3.19. The van der Waals surface area contributed by atoms with Crippen molar-refractivity contribution < 1.29 is 15.1 Å². The summed E-state index contributed by atoms with van der Waals surface area (Å²) in [7, 11) is 0. The Morgan fingerprint density at radius 1 is 1.35 bits per heavy atom. The van der Waals surface area contributed by atoms with Gasteiger partial charge in [-0.05, 0) is 6.07 Å². The van der Waals surface area contributed by atoms with Crippen LogP contribution >= 0.6 is 11.6 Å². The highest BCUT2D eigenvalue weighted by molar-refractivity contribution is 6.33. The fraction of sp³-hybridized carbons (Fsp3) is 0.400. The molecule has 2 unspecified atom stereocenters. The van der Waals surface area contributed by atoms with E-state index < -0.39 is 17.1 Å². The Labute approximate surface area is 102 Å². The van der Waals surface area contributed by atoms with E-state index >= 15 is 0 Å². The molecule has 0 bridgehead atoms. The van der Waals surface area contributed by atoms with Gasteiger partial charge < -0.3 is 15.1 Å². The molecule has 7 heteroatoms. The van der Waals surface area contributed by atoms with E-state index in [0.29, 0.717) is 5.69 Å². The number of benzene rings is 1. The molecule has 1 heterocycles. The zero-order valence-electron chi connectivity index (χ0n) is 8.78. The number of aliphatic hydroxyl groups is 2. The first kappa shape index (κ1) is 12.1. The largest absolute Gasteiger partial charge is 0.389 e. The van der Waals surface area contributed by atoms with Gasteiger partial charge in [-0.3, -0.25) is 10.1 Å². The Morgan fingerprint density at radius 2 is 1.94 bits per heavy atom. The second kappa shape index (κ2) is 4.48. The third-order valence-corrected chi connectivity index (χ3v) is 3.04. The molecule has 1 aliphatic rings. The number of hydrogen-bond donors (Lipinski definition) is 2. The normalized spacial score (nSPS) is 24.1. The van der Waals surface area contributed by atoms with Crippen LogP contribution in [0.15, 0.2) is 18.2 Å². The number of nitrogens with zero attached hydrogens (tertiary/aromatic N) is 2. The molecule has 2 atom stereocenters. The van der Waals surface area contributed by atoms with E-state index in [1.54, 1.807) is 4.90 Å². The predicted octanol–water partition coefficient (Wildman–Crippen LogP) is 0.790. The van der Waals surface area contributed by atoms with Crippen LogP contribution in [0.25, 0.3) is 0 Å². The maximum absolute atomic E-state index is 10.5. The van der Waals surface area contributed by atoms with Crippen molar-refractivity contribution in [3.05, 3.63) is 33.3 Å². The fourth-order valence-electron chi connectivity index (χ4n) is 1.83. The van der Waals surface area contributed by atoms with E-state index in [9.17, 15) is 20.3 Å². The van der Waals surface area contributed by atoms with E-state index in [4.69, 9.17) is 11.6 Å². The summed E-state index contributed by atoms with van der Waals surface area (Å²) < 4.78 is 0. The van der Waals surface area contributed by atoms with Crippen molar-refractivity contribution in [2.45, 2.75) is 12.2 Å². The van der Waals surface area contributed by atoms with Gasteiger partial charge in [0.1, 0.15) is 0 Å². The van der Waals surface area contributed by atoms with Gasteiger partial charge in [-0.2, -0.15) is 0 Å². The van der Waals surface area contributed by atoms with E-state index in [1.165, 1.54) is 18.2 Å². The number of aliphatic hydroxyl groups excluding tert-OH is 2. The van der Waals surface area contributed by atoms with E-state index in [-0.39, 0.29) is 23.8 Å². The van der Waals surface area contributed by atoms with Crippen molar-refractivity contribution in [1.29, 1.82) is 0 Å². The topological polar surface area (TPSA) is 86.8 Å². The highest BCUT2D eigenvalue weighted by Gasteiger charge is 2.30. The Morgan fingerprint density at radius 3 is 2.41 bits per heavy atom. The number of hydrogen-bond acceptors (Lipinski definition) is 5. The average molecular weight is 259 g/mol. The zero-order chi connectivity index (χ0) is 12.6. The molecular formula is C10H11ClN2O4. The fourth-order valence-corrected chi connectivity index (χ4v) is 2.13. The second-order valence-electron chi connectivity index (χ2n) is 3.93. The lowest BCUT2D eigenvalue weighted by molar-refractivity contribution is -0.384. The molecule has 2 rings (SSSR count). The Balaban J connectivity index is 2.26. The minimum Gasteiger partial charge on any atom is -0.389 e. The zero-order valence-corrected chi connectivity index (χ0v) is 9.54. The molecule has 17 heavy (non-hydrogen) atoms. The van der Waals surface area contributed by atoms with Crippen molar-refractivity contribution in [2.24, 2.45) is 0 Å². The van der Waals surface area contributed by atoms with Crippen molar-refractivity contribution in [1.82, 2.24) is 0 Å². The average Bonchev–Trinajstić information content (AvgIpc) is 2.58. The molecule has 92 valence electrons. The molecule has 1 fully saturated rings. The maximum atomic E-state index is 10.5. The Bertz CT molecular complexity index is 444. The van der Waals surface area contributed by atoms with Crippen LogP contribution in [-0.4, -0.2) is 40.4 Å². The molecule has 0 saturated carbocycles. The molecule has 0 aliphatic carbocycles. The van der Waals surface area contributed by atoms with Crippen LogP contribution in [0.1, 0.15) is 0 Å². The van der Waals surface area contributed by atoms with Crippen molar-refractivity contribution in [3.63, 3.8) is 0 Å². The molecule has 0 aromatic heterocycles. The van der Waals surface area contributed by atoms with Crippen LogP contribution < -0.4 is 4.90 Å². The number of β-amino-alcohol motifs (C(OH)–C–C–N with tert-alkyl or cyclic N) is 2. The molecule has 1 aromatic carbocycles. The minimum atomic E-state index is -0.818. The van der Waals surface area contributed by atoms with Crippen LogP contribution in [0.4, 0.5) is 11.4 Å². The van der Waals surface area contributed by atoms with Crippen molar-refractivity contribution in [3.8, 4) is 0 Å². The van der Waals surface area contributed by atoms with Crippen LogP contribution in [0.3, 0.4) is 0 Å². The van der Waals surface area contributed by atoms with Gasteiger partial charge in [-0.25, -0.2) is 0 Å². The van der Waals surface area contributed by atoms with Gasteiger partial charge in [0.05, 0.1) is 27.8 Å². The second-order valence-corrected chi connectivity index (χ2v) is 4.34. The lowest BCUT2D eigenvalue weighted by Crippen LogP contribution is -2.22. The van der Waals surface area contributed by atoms with Gasteiger partial charge in [0.15, 0.2) is 0 Å². The summed E-state index contributed by atoms with van der Waals surface area (Å²) in [5.74, 6) is 0. The van der Waals surface area contributed by atoms with Gasteiger partial charge in [0, 0.05) is 25.2 Å². The number of anilines is 1. The SMILES string of the molecule is O=[N+]([O-])c1ccc(N2CC(O)C(O)C2)c(Cl)c1. The lowest BCUT2D eigenvalue weighted by Gasteiger charge is -2.18. The van der Waals surface area contributed by atoms with Crippen molar-refractivity contribution >= 4 is 23.0 Å². The number of non-ortho nitro benzene ring substituents is 1. The van der Waals surface area contributed by atoms with E-state index in [0.717, 1.165) is 0 Å². The van der Waals surface area contributed by atoms with Gasteiger partial charge >= 0.3 is 0 Å². The molecule has 2 N–H and O–H groups in total. The molecule has 1 aliphatic heterocycles. The van der Waals surface area contributed by atoms with E-state index in [2.05, 4.69) is 0 Å². The van der Waals surface area contributed by atoms with Gasteiger partial charge in [0.2, 0.25) is 0 Å². The molecule has 6 nitrogen and oxygen atoms in total. The first-order valence-electron chi connectivity index (χ1n) is 5.04. The van der Waals surface area contributed by atoms with Crippen molar-refractivity contribution in [2.75, 3.05) is 18.0 Å². The summed E-state index contributed by atoms with van der Waals surface area (Å²) in [6.07, 6.45) is -1.64. The summed E-state index contributed by atoms with van der Waals surface area (Å²) in [6, 6.07) is 4.12. The van der Waals surface area contributed by atoms with Gasteiger partial charge in [-0.1, -0.05) is 11.6 Å². The van der Waals surface area contributed by atoms with Crippen LogP contribution in [0, 0.1) is 10.1 Å². The number of nitro groups is 1. The third kappa shape index (κ3) is 2.33. The first-order valence-corrected chi connectivity index (χ1v) is 5.42. The molecular weight excluding hydrogens is 248 g/mol. The Hall–Kier alpha value is -1.37. The molecule has 0 radical (unpaired) electrons. The minimum absolute atomic E-state index is 0.0842. The number of rotatable bonds is 2. The first-order chi connectivity index (χ1) is 7.99. The summed E-state index contributed by atoms with van der Waals surface area (Å²) in [5.41, 5.74) is 0.493. The standard InChI is InChI=1S/C10H11ClN2O4/c11-7-3-6(13(16)17)1-2-8(7)12-4-9(14)10(15)5-12/h1-3,9-10,14-15H,4-5H2. The summed E-state index contributed by atoms with van der Waals surface area (Å²) >= 11 is 5.94. The smallest absolute Gasteiger partial charge is 0.271 e. The highest BCUT2D eigenvalue weighted by Crippen LogP contribution is 2.31. The van der Waals surface area contributed by atoms with Crippen LogP contribution in [0.2, 0.25) is 5.02 Å². The monoisotopic (exact) mass is 258 g/mol. The summed E-state index contributed by atoms with van der Waals surface area (Å²) in [5, 5.41) is 29.6.